The van der Waals surface area contributed by atoms with E-state index in [4.69, 9.17) is 23.7 Å². The van der Waals surface area contributed by atoms with E-state index in [9.17, 15) is 24.0 Å². The normalized spacial score (nSPS) is 19.2. The molecular formula is C33H59N3O10. The molecule has 1 aliphatic rings. The molecule has 13 nitrogen and oxygen atoms in total. The number of ether oxygens (including phenoxy) is 5. The highest BCUT2D eigenvalue weighted by atomic mass is 16.6. The first-order chi connectivity index (χ1) is 20.6. The quantitative estimate of drug-likeness (QED) is 0.265. The maximum absolute atomic E-state index is 13.2. The zero-order valence-corrected chi connectivity index (χ0v) is 30.5. The van der Waals surface area contributed by atoms with Crippen LogP contribution in [0.15, 0.2) is 0 Å². The molecule has 13 heteroatoms. The summed E-state index contributed by atoms with van der Waals surface area (Å²) < 4.78 is 28.0. The summed E-state index contributed by atoms with van der Waals surface area (Å²) in [7, 11) is 0. The molecule has 46 heavy (non-hydrogen) atoms. The smallest absolute Gasteiger partial charge is 0.320 e. The standard InChI is InChI=1S/C33H59N3O10/c1-29(2,3)42-24(37)19-35(20-25(38)43-30(4,5)6)16-14-34-15-17-36(21-26(39)44-31(7,8)9)22-28(41)46-33(12,13)23-32(10,11)45-27(40)18-34/h14-23H2,1-13H3. The number of nitrogens with zero attached hydrogens (tertiary/aromatic N) is 3. The van der Waals surface area contributed by atoms with E-state index in [-0.39, 0.29) is 65.3 Å². The molecule has 1 fully saturated rings. The Kier molecular flexibility index (Phi) is 14.7. The minimum Gasteiger partial charge on any atom is -0.459 e. The van der Waals surface area contributed by atoms with Crippen LogP contribution in [0.2, 0.25) is 0 Å². The fourth-order valence-electron chi connectivity index (χ4n) is 5.08. The summed E-state index contributed by atoms with van der Waals surface area (Å²) >= 11 is 0. The Labute approximate surface area is 275 Å². The molecule has 1 heterocycles. The largest absolute Gasteiger partial charge is 0.459 e. The summed E-state index contributed by atoms with van der Waals surface area (Å²) in [6.07, 6.45) is 0.239. The molecule has 0 unspecified atom stereocenters. The molecule has 0 aromatic carbocycles. The number of rotatable bonds is 9. The van der Waals surface area contributed by atoms with Gasteiger partial charge in [0.15, 0.2) is 0 Å². The average Bonchev–Trinajstić information content (AvgIpc) is 2.74. The van der Waals surface area contributed by atoms with Gasteiger partial charge in [0.2, 0.25) is 0 Å². The maximum Gasteiger partial charge on any atom is 0.320 e. The van der Waals surface area contributed by atoms with Crippen LogP contribution in [0.1, 0.15) is 96.4 Å². The number of carbonyl (C=O) groups is 5. The molecule has 266 valence electrons. The molecule has 0 aromatic rings. The van der Waals surface area contributed by atoms with Gasteiger partial charge in [-0.2, -0.15) is 0 Å². The zero-order valence-electron chi connectivity index (χ0n) is 30.5. The van der Waals surface area contributed by atoms with Crippen molar-refractivity contribution in [2.75, 3.05) is 58.9 Å². The predicted octanol–water partition coefficient (Wildman–Crippen LogP) is 2.96. The Morgan fingerprint density at radius 1 is 0.674 bits per heavy atom. The van der Waals surface area contributed by atoms with Gasteiger partial charge in [-0.3, -0.25) is 38.7 Å². The van der Waals surface area contributed by atoms with Crippen molar-refractivity contribution in [2.45, 2.75) is 124 Å². The van der Waals surface area contributed by atoms with Gasteiger partial charge < -0.3 is 23.7 Å². The Hall–Kier alpha value is -2.77. The van der Waals surface area contributed by atoms with E-state index in [0.717, 1.165) is 0 Å². The second kappa shape index (κ2) is 16.4. The second-order valence-corrected chi connectivity index (χ2v) is 16.1. The lowest BCUT2D eigenvalue weighted by Crippen LogP contribution is -2.47. The molecule has 0 amide bonds. The van der Waals surface area contributed by atoms with Crippen LogP contribution in [0.4, 0.5) is 0 Å². The predicted molar refractivity (Wildman–Crippen MR) is 172 cm³/mol. The maximum atomic E-state index is 13.2. The van der Waals surface area contributed by atoms with Gasteiger partial charge in [-0.25, -0.2) is 0 Å². The van der Waals surface area contributed by atoms with Gasteiger partial charge in [-0.05, 0) is 90.0 Å². The van der Waals surface area contributed by atoms with Crippen LogP contribution in [0, 0.1) is 0 Å². The van der Waals surface area contributed by atoms with E-state index >= 15 is 0 Å². The highest BCUT2D eigenvalue weighted by Gasteiger charge is 2.36. The first-order valence-corrected chi connectivity index (χ1v) is 15.9. The second-order valence-electron chi connectivity index (χ2n) is 16.1. The third-order valence-corrected chi connectivity index (χ3v) is 6.12. The van der Waals surface area contributed by atoms with Gasteiger partial charge in [-0.15, -0.1) is 0 Å². The van der Waals surface area contributed by atoms with Crippen molar-refractivity contribution in [3.8, 4) is 0 Å². The lowest BCUT2D eigenvalue weighted by molar-refractivity contribution is -0.171. The van der Waals surface area contributed by atoms with E-state index in [2.05, 4.69) is 0 Å². The van der Waals surface area contributed by atoms with E-state index in [1.807, 2.05) is 0 Å². The molecule has 1 aliphatic heterocycles. The van der Waals surface area contributed by atoms with Crippen molar-refractivity contribution >= 4 is 29.8 Å². The third-order valence-electron chi connectivity index (χ3n) is 6.12. The Morgan fingerprint density at radius 2 is 1.04 bits per heavy atom. The first kappa shape index (κ1) is 41.3. The van der Waals surface area contributed by atoms with Crippen molar-refractivity contribution in [3.63, 3.8) is 0 Å². The highest BCUT2D eigenvalue weighted by Crippen LogP contribution is 2.27. The minimum absolute atomic E-state index is 0.106. The van der Waals surface area contributed by atoms with E-state index < -0.39 is 57.9 Å². The fourth-order valence-corrected chi connectivity index (χ4v) is 5.08. The molecule has 0 saturated carbocycles. The monoisotopic (exact) mass is 657 g/mol. The zero-order chi connectivity index (χ0) is 35.7. The molecule has 0 bridgehead atoms. The SMILES string of the molecule is CC(C)(C)OC(=O)CN(CCN1CCN(CC(=O)OC(C)(C)C)CC(=O)OC(C)(C)CC(C)(C)OC(=O)C1)CC(=O)OC(C)(C)C. The highest BCUT2D eigenvalue weighted by molar-refractivity contribution is 5.76. The molecule has 1 saturated heterocycles. The van der Waals surface area contributed by atoms with Crippen molar-refractivity contribution in [3.05, 3.63) is 0 Å². The van der Waals surface area contributed by atoms with Crippen LogP contribution in [-0.2, 0) is 47.7 Å². The van der Waals surface area contributed by atoms with Crippen LogP contribution >= 0.6 is 0 Å². The number of cyclic esters (lactones) is 2. The summed E-state index contributed by atoms with van der Waals surface area (Å²) in [5.74, 6) is -2.53. The Morgan fingerprint density at radius 3 is 1.46 bits per heavy atom. The summed E-state index contributed by atoms with van der Waals surface area (Å²) in [4.78, 5) is 69.4. The van der Waals surface area contributed by atoms with Gasteiger partial charge in [0.05, 0.1) is 32.7 Å². The minimum atomic E-state index is -0.948. The summed E-state index contributed by atoms with van der Waals surface area (Å²) in [6.45, 7) is 23.0. The van der Waals surface area contributed by atoms with Gasteiger partial charge in [0, 0.05) is 32.6 Å². The summed E-state index contributed by atoms with van der Waals surface area (Å²) in [5, 5.41) is 0. The Bertz CT molecular complexity index is 1040. The van der Waals surface area contributed by atoms with Crippen LogP contribution in [0.3, 0.4) is 0 Å². The average molecular weight is 658 g/mol. The van der Waals surface area contributed by atoms with Crippen LogP contribution in [0.25, 0.3) is 0 Å². The topological polar surface area (TPSA) is 141 Å². The van der Waals surface area contributed by atoms with Crippen molar-refractivity contribution in [2.24, 2.45) is 0 Å². The molecular weight excluding hydrogens is 598 g/mol. The molecule has 1 rings (SSSR count). The van der Waals surface area contributed by atoms with Crippen LogP contribution < -0.4 is 0 Å². The van der Waals surface area contributed by atoms with Crippen LogP contribution in [-0.4, -0.2) is 131 Å². The summed E-state index contributed by atoms with van der Waals surface area (Å²) in [6, 6.07) is 0. The molecule has 0 radical (unpaired) electrons. The van der Waals surface area contributed by atoms with Gasteiger partial charge in [0.1, 0.15) is 28.0 Å². The van der Waals surface area contributed by atoms with Crippen molar-refractivity contribution in [1.82, 2.24) is 14.7 Å². The summed E-state index contributed by atoms with van der Waals surface area (Å²) in [5.41, 5.74) is -4.04. The van der Waals surface area contributed by atoms with Crippen molar-refractivity contribution < 1.29 is 47.7 Å². The van der Waals surface area contributed by atoms with E-state index in [1.165, 1.54) is 0 Å². The lowest BCUT2D eigenvalue weighted by atomic mass is 9.92. The molecule has 0 aromatic heterocycles. The molecule has 0 N–H and O–H groups in total. The molecule has 0 atom stereocenters. The fraction of sp³-hybridized carbons (Fsp3) is 0.848. The van der Waals surface area contributed by atoms with E-state index in [1.54, 1.807) is 105 Å². The number of esters is 5. The first-order valence-electron chi connectivity index (χ1n) is 15.9. The van der Waals surface area contributed by atoms with Crippen molar-refractivity contribution in [1.29, 1.82) is 0 Å². The lowest BCUT2D eigenvalue weighted by Gasteiger charge is -2.34. The number of hydrogen-bond acceptors (Lipinski definition) is 13. The molecule has 0 spiro atoms. The van der Waals surface area contributed by atoms with Gasteiger partial charge in [-0.1, -0.05) is 0 Å². The number of hydrogen-bond donors (Lipinski definition) is 0. The molecule has 0 aliphatic carbocycles. The van der Waals surface area contributed by atoms with Gasteiger partial charge in [0.25, 0.3) is 0 Å². The van der Waals surface area contributed by atoms with Crippen LogP contribution in [0.5, 0.6) is 0 Å². The van der Waals surface area contributed by atoms with Gasteiger partial charge >= 0.3 is 29.8 Å². The third kappa shape index (κ3) is 19.7. The van der Waals surface area contributed by atoms with E-state index in [0.29, 0.717) is 0 Å². The number of carbonyl (C=O) groups excluding carboxylic acids is 5. The Balaban J connectivity index is 3.28.